The summed E-state index contributed by atoms with van der Waals surface area (Å²) >= 11 is 0. The lowest BCUT2D eigenvalue weighted by molar-refractivity contribution is -0.114. The van der Waals surface area contributed by atoms with Gasteiger partial charge < -0.3 is 10.2 Å². The van der Waals surface area contributed by atoms with Crippen LogP contribution in [0.5, 0.6) is 0 Å². The molecular weight excluding hydrogens is 435 g/mol. The Morgan fingerprint density at radius 1 is 1.21 bits per heavy atom. The molecule has 2 aromatic carbocycles. The Kier molecular flexibility index (Phi) is 6.20. The molecule has 2 aliphatic rings. The summed E-state index contributed by atoms with van der Waals surface area (Å²) in [6.45, 7) is 2.41. The fourth-order valence-corrected chi connectivity index (χ4v) is 4.37. The summed E-state index contributed by atoms with van der Waals surface area (Å²) in [5.41, 5.74) is 2.66. The second-order valence-electron chi connectivity index (χ2n) is 8.65. The molecule has 8 heteroatoms. The maximum absolute atomic E-state index is 13.5. The van der Waals surface area contributed by atoms with Crippen molar-refractivity contribution in [3.63, 3.8) is 0 Å². The van der Waals surface area contributed by atoms with Crippen molar-refractivity contribution in [3.8, 4) is 6.07 Å². The van der Waals surface area contributed by atoms with Crippen LogP contribution in [-0.4, -0.2) is 35.7 Å². The van der Waals surface area contributed by atoms with Gasteiger partial charge in [-0.05, 0) is 62.1 Å². The number of Topliss-reactive ketones (excluding diaryl/α,β-unsaturated/α-hetero) is 1. The number of likely N-dealkylation sites (N-methyl/N-ethyl adjacent to an activating group) is 1. The number of alkyl halides is 1. The number of hydrogen-bond donors (Lipinski definition) is 1. The molecule has 1 saturated carbocycles. The first-order valence-electron chi connectivity index (χ1n) is 11.0. The fourth-order valence-electron chi connectivity index (χ4n) is 4.37. The van der Waals surface area contributed by atoms with E-state index in [2.05, 4.69) is 5.32 Å². The molecule has 3 amide bonds. The number of halogens is 1. The Bertz CT molecular complexity index is 1260. The Labute approximate surface area is 197 Å². The number of allylic oxidation sites excluding steroid dienone is 1. The molecule has 0 saturated heterocycles. The highest BCUT2D eigenvalue weighted by molar-refractivity contribution is 6.06. The first-order chi connectivity index (χ1) is 16.3. The van der Waals surface area contributed by atoms with Gasteiger partial charge in [-0.1, -0.05) is 18.2 Å². The number of nitriles is 1. The molecule has 0 aromatic heterocycles. The second-order valence-corrected chi connectivity index (χ2v) is 8.65. The van der Waals surface area contributed by atoms with E-state index in [1.165, 1.54) is 22.8 Å². The number of rotatable bonds is 6. The summed E-state index contributed by atoms with van der Waals surface area (Å²) in [5.74, 6) is -0.597. The monoisotopic (exact) mass is 460 g/mol. The van der Waals surface area contributed by atoms with Crippen molar-refractivity contribution in [2.45, 2.75) is 45.4 Å². The highest BCUT2D eigenvalue weighted by Gasteiger charge is 2.41. The summed E-state index contributed by atoms with van der Waals surface area (Å²) < 4.78 is 13.3. The van der Waals surface area contributed by atoms with E-state index in [0.717, 1.165) is 12.8 Å². The number of urea groups is 1. The van der Waals surface area contributed by atoms with Crippen LogP contribution in [0.1, 0.15) is 59.8 Å². The zero-order chi connectivity index (χ0) is 24.6. The maximum Gasteiger partial charge on any atom is 0.329 e. The normalized spacial score (nSPS) is 18.1. The van der Waals surface area contributed by atoms with Crippen LogP contribution < -0.4 is 10.2 Å². The van der Waals surface area contributed by atoms with E-state index < -0.39 is 18.7 Å². The first-order valence-corrected chi connectivity index (χ1v) is 11.0. The van der Waals surface area contributed by atoms with Gasteiger partial charge in [-0.2, -0.15) is 5.26 Å². The minimum absolute atomic E-state index is 0.0969. The number of nitrogens with zero attached hydrogens (tertiary/aromatic N) is 3. The van der Waals surface area contributed by atoms with Gasteiger partial charge >= 0.3 is 6.03 Å². The first kappa shape index (κ1) is 23.2. The molecule has 34 heavy (non-hydrogen) atoms. The average molecular weight is 461 g/mol. The van der Waals surface area contributed by atoms with Crippen molar-refractivity contribution in [2.24, 2.45) is 0 Å². The van der Waals surface area contributed by atoms with Crippen molar-refractivity contribution in [3.05, 3.63) is 76.0 Å². The zero-order valence-electron chi connectivity index (χ0n) is 19.3. The molecule has 174 valence electrons. The number of amides is 3. The van der Waals surface area contributed by atoms with E-state index in [9.17, 15) is 24.0 Å². The number of carbonyl (C=O) groups is 3. The SMILES string of the molecule is CC(=O)C1=C(C)N(c2cccc(CF)c2)C(=O)N(C)C1c1ccc(C#N)cc1C(=O)NC1CC1. The van der Waals surface area contributed by atoms with Crippen LogP contribution in [0.3, 0.4) is 0 Å². The van der Waals surface area contributed by atoms with Crippen LogP contribution >= 0.6 is 0 Å². The van der Waals surface area contributed by atoms with E-state index in [0.29, 0.717) is 33.6 Å². The zero-order valence-corrected chi connectivity index (χ0v) is 19.3. The molecule has 1 aliphatic heterocycles. The molecule has 2 aromatic rings. The van der Waals surface area contributed by atoms with Gasteiger partial charge in [0.15, 0.2) is 5.78 Å². The Balaban J connectivity index is 1.88. The van der Waals surface area contributed by atoms with Gasteiger partial charge in [-0.25, -0.2) is 9.18 Å². The number of nitrogens with one attached hydrogen (secondary N) is 1. The average Bonchev–Trinajstić information content (AvgIpc) is 3.64. The fraction of sp³-hybridized carbons (Fsp3) is 0.308. The van der Waals surface area contributed by atoms with Gasteiger partial charge in [-0.15, -0.1) is 0 Å². The van der Waals surface area contributed by atoms with Crippen molar-refractivity contribution in [1.29, 1.82) is 5.26 Å². The lowest BCUT2D eigenvalue weighted by atomic mass is 9.87. The van der Waals surface area contributed by atoms with E-state index in [1.807, 2.05) is 6.07 Å². The Morgan fingerprint density at radius 3 is 2.56 bits per heavy atom. The quantitative estimate of drug-likeness (QED) is 0.692. The number of hydrogen-bond acceptors (Lipinski definition) is 4. The summed E-state index contributed by atoms with van der Waals surface area (Å²) in [6, 6.07) is 12.1. The van der Waals surface area contributed by atoms with Crippen LogP contribution in [-0.2, 0) is 11.5 Å². The van der Waals surface area contributed by atoms with Crippen molar-refractivity contribution in [1.82, 2.24) is 10.2 Å². The highest BCUT2D eigenvalue weighted by atomic mass is 19.1. The Hall–Kier alpha value is -3.99. The molecule has 0 bridgehead atoms. The standard InChI is InChI=1S/C26H25FN4O3/c1-15-23(16(2)32)24(30(3)26(34)31(15)20-6-4-5-17(11-20)13-27)21-10-7-18(14-28)12-22(21)25(33)29-19-8-9-19/h4-7,10-12,19,24H,8-9,13H2,1-3H3,(H,29,33). The van der Waals surface area contributed by atoms with Crippen LogP contribution in [0.4, 0.5) is 14.9 Å². The smallest absolute Gasteiger partial charge is 0.329 e. The molecule has 0 spiro atoms. The number of anilines is 1. The summed E-state index contributed by atoms with van der Waals surface area (Å²) in [7, 11) is 1.56. The third-order valence-electron chi connectivity index (χ3n) is 6.22. The van der Waals surface area contributed by atoms with Gasteiger partial charge in [-0.3, -0.25) is 14.5 Å². The third-order valence-corrected chi connectivity index (χ3v) is 6.22. The summed E-state index contributed by atoms with van der Waals surface area (Å²) in [4.78, 5) is 42.3. The lowest BCUT2D eigenvalue weighted by Gasteiger charge is -2.41. The largest absolute Gasteiger partial charge is 0.349 e. The van der Waals surface area contributed by atoms with Gasteiger partial charge in [0.2, 0.25) is 0 Å². The summed E-state index contributed by atoms with van der Waals surface area (Å²) in [5, 5.41) is 12.3. The molecule has 1 N–H and O–H groups in total. The van der Waals surface area contributed by atoms with Crippen LogP contribution in [0.2, 0.25) is 0 Å². The highest BCUT2D eigenvalue weighted by Crippen LogP contribution is 2.40. The predicted molar refractivity (Wildman–Crippen MR) is 125 cm³/mol. The van der Waals surface area contributed by atoms with Crippen molar-refractivity contribution < 1.29 is 18.8 Å². The molecule has 7 nitrogen and oxygen atoms in total. The predicted octanol–water partition coefficient (Wildman–Crippen LogP) is 4.40. The van der Waals surface area contributed by atoms with E-state index in [4.69, 9.17) is 0 Å². The number of carbonyl (C=O) groups excluding carboxylic acids is 3. The van der Waals surface area contributed by atoms with E-state index >= 15 is 0 Å². The molecule has 4 rings (SSSR count). The van der Waals surface area contributed by atoms with Gasteiger partial charge in [0.05, 0.1) is 23.4 Å². The molecule has 1 aliphatic carbocycles. The van der Waals surface area contributed by atoms with Gasteiger partial charge in [0, 0.05) is 29.9 Å². The van der Waals surface area contributed by atoms with Crippen LogP contribution in [0.25, 0.3) is 0 Å². The van der Waals surface area contributed by atoms with E-state index in [1.54, 1.807) is 50.4 Å². The lowest BCUT2D eigenvalue weighted by Crippen LogP contribution is -2.49. The van der Waals surface area contributed by atoms with Gasteiger partial charge in [0.25, 0.3) is 5.91 Å². The maximum atomic E-state index is 13.5. The van der Waals surface area contributed by atoms with Crippen molar-refractivity contribution >= 4 is 23.4 Å². The van der Waals surface area contributed by atoms with Crippen LogP contribution in [0, 0.1) is 11.3 Å². The van der Waals surface area contributed by atoms with E-state index in [-0.39, 0.29) is 23.3 Å². The molecular formula is C26H25FN4O3. The minimum atomic E-state index is -0.821. The minimum Gasteiger partial charge on any atom is -0.349 e. The van der Waals surface area contributed by atoms with Crippen molar-refractivity contribution in [2.75, 3.05) is 11.9 Å². The molecule has 1 unspecified atom stereocenters. The van der Waals surface area contributed by atoms with Gasteiger partial charge in [0.1, 0.15) is 6.67 Å². The molecule has 0 radical (unpaired) electrons. The number of ketones is 1. The molecule has 1 fully saturated rings. The molecule has 1 heterocycles. The Morgan fingerprint density at radius 2 is 1.94 bits per heavy atom. The second kappa shape index (κ2) is 9.10. The summed E-state index contributed by atoms with van der Waals surface area (Å²) in [6.07, 6.45) is 1.79. The molecule has 1 atom stereocenters. The third kappa shape index (κ3) is 4.17. The number of benzene rings is 2. The van der Waals surface area contributed by atoms with Crippen LogP contribution in [0.15, 0.2) is 53.7 Å². The topological polar surface area (TPSA) is 93.5 Å².